The molecule has 1 amide bonds. The van der Waals surface area contributed by atoms with Gasteiger partial charge in [-0.2, -0.15) is 5.10 Å². The predicted octanol–water partition coefficient (Wildman–Crippen LogP) is 1.07. The standard InChI is InChI=1S/C15H18N4O2/c1-2-8-18(10-11-20)15(21)13-7-9-19(17-13)14-6-4-3-5-12(14)16/h2-7,9,20H,1,8,10-11,16H2. The van der Waals surface area contributed by atoms with Crippen LogP contribution in [0.15, 0.2) is 49.2 Å². The smallest absolute Gasteiger partial charge is 0.274 e. The van der Waals surface area contributed by atoms with E-state index in [9.17, 15) is 4.79 Å². The van der Waals surface area contributed by atoms with Gasteiger partial charge in [-0.25, -0.2) is 4.68 Å². The summed E-state index contributed by atoms with van der Waals surface area (Å²) in [7, 11) is 0. The fourth-order valence-electron chi connectivity index (χ4n) is 1.98. The molecule has 0 saturated heterocycles. The maximum absolute atomic E-state index is 12.3. The number of aromatic nitrogens is 2. The SMILES string of the molecule is C=CCN(CCO)C(=O)c1ccn(-c2ccccc2N)n1. The fourth-order valence-corrected chi connectivity index (χ4v) is 1.98. The molecule has 0 radical (unpaired) electrons. The molecule has 0 atom stereocenters. The highest BCUT2D eigenvalue weighted by Gasteiger charge is 2.17. The molecule has 0 aliphatic rings. The average molecular weight is 286 g/mol. The van der Waals surface area contributed by atoms with Crippen LogP contribution < -0.4 is 5.73 Å². The molecule has 0 spiro atoms. The van der Waals surface area contributed by atoms with E-state index in [1.165, 1.54) is 4.90 Å². The molecule has 21 heavy (non-hydrogen) atoms. The summed E-state index contributed by atoms with van der Waals surface area (Å²) in [5.74, 6) is -0.253. The summed E-state index contributed by atoms with van der Waals surface area (Å²) in [6.45, 7) is 4.10. The van der Waals surface area contributed by atoms with Gasteiger partial charge in [0.1, 0.15) is 0 Å². The van der Waals surface area contributed by atoms with Gasteiger partial charge in [0.2, 0.25) is 0 Å². The Morgan fingerprint density at radius 1 is 1.43 bits per heavy atom. The van der Waals surface area contributed by atoms with Crippen LogP contribution >= 0.6 is 0 Å². The number of rotatable bonds is 6. The van der Waals surface area contributed by atoms with Crippen LogP contribution in [0, 0.1) is 0 Å². The van der Waals surface area contributed by atoms with E-state index in [2.05, 4.69) is 11.7 Å². The minimum Gasteiger partial charge on any atom is -0.397 e. The minimum atomic E-state index is -0.253. The number of anilines is 1. The molecule has 0 fully saturated rings. The van der Waals surface area contributed by atoms with Crippen molar-refractivity contribution in [1.82, 2.24) is 14.7 Å². The molecule has 1 aromatic carbocycles. The van der Waals surface area contributed by atoms with Gasteiger partial charge < -0.3 is 15.7 Å². The van der Waals surface area contributed by atoms with E-state index in [1.54, 1.807) is 29.1 Å². The number of nitrogen functional groups attached to an aromatic ring is 1. The van der Waals surface area contributed by atoms with Gasteiger partial charge in [-0.05, 0) is 18.2 Å². The van der Waals surface area contributed by atoms with Gasteiger partial charge in [0.15, 0.2) is 5.69 Å². The van der Waals surface area contributed by atoms with Crippen LogP contribution in [0.5, 0.6) is 0 Å². The molecule has 3 N–H and O–H groups in total. The Labute approximate surface area is 123 Å². The molecule has 0 unspecified atom stereocenters. The molecular formula is C15H18N4O2. The maximum Gasteiger partial charge on any atom is 0.274 e. The summed E-state index contributed by atoms with van der Waals surface area (Å²) in [6.07, 6.45) is 3.30. The van der Waals surface area contributed by atoms with E-state index in [0.717, 1.165) is 0 Å². The lowest BCUT2D eigenvalue weighted by Gasteiger charge is -2.18. The van der Waals surface area contributed by atoms with Crippen LogP contribution in [0.25, 0.3) is 5.69 Å². The summed E-state index contributed by atoms with van der Waals surface area (Å²) in [5.41, 5.74) is 7.49. The second-order valence-electron chi connectivity index (χ2n) is 4.47. The number of amides is 1. The van der Waals surface area contributed by atoms with Crippen molar-refractivity contribution in [3.8, 4) is 5.69 Å². The van der Waals surface area contributed by atoms with Crippen molar-refractivity contribution in [1.29, 1.82) is 0 Å². The van der Waals surface area contributed by atoms with Crippen molar-refractivity contribution >= 4 is 11.6 Å². The Hall–Kier alpha value is -2.60. The van der Waals surface area contributed by atoms with E-state index in [1.807, 2.05) is 18.2 Å². The third-order valence-corrected chi connectivity index (χ3v) is 3.00. The molecule has 0 bridgehead atoms. The summed E-state index contributed by atoms with van der Waals surface area (Å²) < 4.78 is 1.56. The Kier molecular flexibility index (Phi) is 4.73. The van der Waals surface area contributed by atoms with Crippen LogP contribution in [0.1, 0.15) is 10.5 Å². The first-order valence-corrected chi connectivity index (χ1v) is 6.59. The molecule has 6 nitrogen and oxygen atoms in total. The third-order valence-electron chi connectivity index (χ3n) is 3.00. The number of carbonyl (C=O) groups is 1. The van der Waals surface area contributed by atoms with Gasteiger partial charge in [-0.15, -0.1) is 6.58 Å². The number of aliphatic hydroxyl groups is 1. The number of carbonyl (C=O) groups excluding carboxylic acids is 1. The van der Waals surface area contributed by atoms with E-state index in [4.69, 9.17) is 10.8 Å². The van der Waals surface area contributed by atoms with Crippen molar-refractivity contribution < 1.29 is 9.90 Å². The van der Waals surface area contributed by atoms with Crippen molar-refractivity contribution in [2.45, 2.75) is 0 Å². The van der Waals surface area contributed by atoms with Gasteiger partial charge in [0.25, 0.3) is 5.91 Å². The highest BCUT2D eigenvalue weighted by atomic mass is 16.3. The number of aliphatic hydroxyl groups excluding tert-OH is 1. The summed E-state index contributed by atoms with van der Waals surface area (Å²) in [6, 6.07) is 8.91. The van der Waals surface area contributed by atoms with Gasteiger partial charge >= 0.3 is 0 Å². The normalized spacial score (nSPS) is 10.3. The van der Waals surface area contributed by atoms with Gasteiger partial charge in [0, 0.05) is 19.3 Å². The van der Waals surface area contributed by atoms with Crippen molar-refractivity contribution in [2.75, 3.05) is 25.4 Å². The van der Waals surface area contributed by atoms with Gasteiger partial charge in [-0.3, -0.25) is 4.79 Å². The molecule has 2 aromatic rings. The van der Waals surface area contributed by atoms with Crippen LogP contribution in [0.4, 0.5) is 5.69 Å². The average Bonchev–Trinajstić information content (AvgIpc) is 2.96. The first kappa shape index (κ1) is 14.8. The molecule has 2 rings (SSSR count). The molecule has 0 aliphatic heterocycles. The zero-order chi connectivity index (χ0) is 15.2. The Balaban J connectivity index is 2.25. The quantitative estimate of drug-likeness (QED) is 0.614. The Bertz CT molecular complexity index is 636. The molecule has 1 aromatic heterocycles. The summed E-state index contributed by atoms with van der Waals surface area (Å²) in [4.78, 5) is 13.8. The first-order chi connectivity index (χ1) is 10.2. The van der Waals surface area contributed by atoms with Crippen LogP contribution in [-0.4, -0.2) is 45.4 Å². The molecule has 110 valence electrons. The van der Waals surface area contributed by atoms with Gasteiger partial charge in [0.05, 0.1) is 18.0 Å². The second kappa shape index (κ2) is 6.71. The molecule has 6 heteroatoms. The number of hydrogen-bond acceptors (Lipinski definition) is 4. The van der Waals surface area contributed by atoms with E-state index < -0.39 is 0 Å². The Morgan fingerprint density at radius 2 is 2.19 bits per heavy atom. The van der Waals surface area contributed by atoms with Crippen molar-refractivity contribution in [3.05, 3.63) is 54.9 Å². The van der Waals surface area contributed by atoms with E-state index >= 15 is 0 Å². The predicted molar refractivity (Wildman–Crippen MR) is 81.2 cm³/mol. The Morgan fingerprint density at radius 3 is 2.86 bits per heavy atom. The summed E-state index contributed by atoms with van der Waals surface area (Å²) in [5, 5.41) is 13.3. The highest BCUT2D eigenvalue weighted by Crippen LogP contribution is 2.16. The molecule has 1 heterocycles. The van der Waals surface area contributed by atoms with Crippen LogP contribution in [0.2, 0.25) is 0 Å². The van der Waals surface area contributed by atoms with E-state index in [-0.39, 0.29) is 19.1 Å². The molecule has 0 saturated carbocycles. The van der Waals surface area contributed by atoms with Crippen molar-refractivity contribution in [2.24, 2.45) is 0 Å². The van der Waals surface area contributed by atoms with Gasteiger partial charge in [-0.1, -0.05) is 18.2 Å². The number of nitrogens with zero attached hydrogens (tertiary/aromatic N) is 3. The monoisotopic (exact) mass is 286 g/mol. The van der Waals surface area contributed by atoms with Crippen LogP contribution in [-0.2, 0) is 0 Å². The van der Waals surface area contributed by atoms with Crippen LogP contribution in [0.3, 0.4) is 0 Å². The third kappa shape index (κ3) is 3.29. The zero-order valence-corrected chi connectivity index (χ0v) is 11.6. The fraction of sp³-hybridized carbons (Fsp3) is 0.200. The summed E-state index contributed by atoms with van der Waals surface area (Å²) >= 11 is 0. The second-order valence-corrected chi connectivity index (χ2v) is 4.47. The number of benzene rings is 1. The lowest BCUT2D eigenvalue weighted by Crippen LogP contribution is -2.34. The minimum absolute atomic E-state index is 0.105. The van der Waals surface area contributed by atoms with E-state index in [0.29, 0.717) is 23.6 Å². The highest BCUT2D eigenvalue weighted by molar-refractivity contribution is 5.92. The lowest BCUT2D eigenvalue weighted by atomic mass is 10.3. The molecule has 0 aliphatic carbocycles. The number of nitrogens with two attached hydrogens (primary N) is 1. The maximum atomic E-state index is 12.3. The lowest BCUT2D eigenvalue weighted by molar-refractivity contribution is 0.0736. The van der Waals surface area contributed by atoms with Crippen molar-refractivity contribution in [3.63, 3.8) is 0 Å². The first-order valence-electron chi connectivity index (χ1n) is 6.59. The number of para-hydroxylation sites is 2. The zero-order valence-electron chi connectivity index (χ0n) is 11.6. The number of hydrogen-bond donors (Lipinski definition) is 2. The largest absolute Gasteiger partial charge is 0.397 e. The molecular weight excluding hydrogens is 268 g/mol. The topological polar surface area (TPSA) is 84.4 Å².